The summed E-state index contributed by atoms with van der Waals surface area (Å²) in [5, 5.41) is 19.6. The van der Waals surface area contributed by atoms with Gasteiger partial charge in [-0.25, -0.2) is 0 Å². The van der Waals surface area contributed by atoms with Gasteiger partial charge in [-0.2, -0.15) is 0 Å². The summed E-state index contributed by atoms with van der Waals surface area (Å²) in [6.07, 6.45) is 1.49. The highest BCUT2D eigenvalue weighted by molar-refractivity contribution is 6.04. The number of piperidine rings is 1. The number of β-amino-alcohol motifs (C(OH)–C–C–N with tert-alkyl or cyclic N) is 1. The zero-order valence-electron chi connectivity index (χ0n) is 18.6. The minimum atomic E-state index is -1.06. The molecule has 0 spiro atoms. The lowest BCUT2D eigenvalue weighted by Crippen LogP contribution is -2.41. The van der Waals surface area contributed by atoms with Gasteiger partial charge in [0.15, 0.2) is 0 Å². The number of hydrogen-bond acceptors (Lipinski definition) is 6. The van der Waals surface area contributed by atoms with Gasteiger partial charge < -0.3 is 29.5 Å². The maximum Gasteiger partial charge on any atom is 0.323 e. The van der Waals surface area contributed by atoms with Crippen molar-refractivity contribution in [2.75, 3.05) is 44.3 Å². The number of ether oxygens (including phenoxy) is 2. The summed E-state index contributed by atoms with van der Waals surface area (Å²) in [4.78, 5) is 26.8. The average Bonchev–Trinajstić information content (AvgIpc) is 3.13. The molecule has 0 aromatic heterocycles. The Labute approximate surface area is 193 Å². The van der Waals surface area contributed by atoms with E-state index in [0.29, 0.717) is 36.1 Å². The van der Waals surface area contributed by atoms with E-state index < -0.39 is 12.1 Å². The third-order valence-corrected chi connectivity index (χ3v) is 6.16. The van der Waals surface area contributed by atoms with Crippen LogP contribution in [0.3, 0.4) is 0 Å². The molecule has 0 bridgehead atoms. The molecule has 1 unspecified atom stereocenters. The molecule has 8 heteroatoms. The van der Waals surface area contributed by atoms with Gasteiger partial charge in [0.1, 0.15) is 30.8 Å². The highest BCUT2D eigenvalue weighted by atomic mass is 16.5. The maximum absolute atomic E-state index is 12.2. The lowest BCUT2D eigenvalue weighted by atomic mass is 9.97. The normalized spacial score (nSPS) is 17.6. The molecule has 2 aromatic rings. The van der Waals surface area contributed by atoms with Crippen LogP contribution in [0.2, 0.25) is 0 Å². The van der Waals surface area contributed by atoms with Crippen molar-refractivity contribution in [1.29, 1.82) is 0 Å². The van der Waals surface area contributed by atoms with E-state index in [1.807, 2.05) is 30.3 Å². The molecule has 33 heavy (non-hydrogen) atoms. The monoisotopic (exact) mass is 454 g/mol. The number of carboxylic acids is 1. The third kappa shape index (κ3) is 6.03. The van der Waals surface area contributed by atoms with E-state index in [-0.39, 0.29) is 25.5 Å². The van der Waals surface area contributed by atoms with Gasteiger partial charge in [-0.05, 0) is 56.1 Å². The number of hydrogen-bond donors (Lipinski definition) is 2. The molecular weight excluding hydrogens is 424 g/mol. The summed E-state index contributed by atoms with van der Waals surface area (Å²) < 4.78 is 11.7. The number of aliphatic hydroxyl groups is 1. The van der Waals surface area contributed by atoms with Crippen molar-refractivity contribution in [3.8, 4) is 11.5 Å². The molecule has 176 valence electrons. The highest BCUT2D eigenvalue weighted by Crippen LogP contribution is 2.35. The lowest BCUT2D eigenvalue weighted by Gasteiger charge is -2.33. The number of amides is 1. The summed E-state index contributed by atoms with van der Waals surface area (Å²) >= 11 is 0. The maximum atomic E-state index is 12.2. The molecule has 2 aromatic carbocycles. The second kappa shape index (κ2) is 10.7. The quantitative estimate of drug-likeness (QED) is 0.568. The molecule has 0 aliphatic carbocycles. The summed E-state index contributed by atoms with van der Waals surface area (Å²) in [6.45, 7) is 2.77. The Kier molecular flexibility index (Phi) is 7.47. The van der Waals surface area contributed by atoms with Gasteiger partial charge in [0.25, 0.3) is 0 Å². The first-order valence-corrected chi connectivity index (χ1v) is 11.3. The average molecular weight is 455 g/mol. The van der Waals surface area contributed by atoms with Crippen LogP contribution in [0, 0.1) is 5.92 Å². The largest absolute Gasteiger partial charge is 0.493 e. The number of carbonyl (C=O) groups is 2. The van der Waals surface area contributed by atoms with E-state index in [1.165, 1.54) is 4.90 Å². The molecule has 0 radical (unpaired) electrons. The Morgan fingerprint density at radius 2 is 1.82 bits per heavy atom. The Balaban J connectivity index is 1.22. The number of rotatable bonds is 10. The summed E-state index contributed by atoms with van der Waals surface area (Å²) in [5.74, 6) is 0.599. The van der Waals surface area contributed by atoms with Crippen molar-refractivity contribution in [3.63, 3.8) is 0 Å². The van der Waals surface area contributed by atoms with Gasteiger partial charge in [-0.3, -0.25) is 9.59 Å². The zero-order chi connectivity index (χ0) is 23.2. The molecule has 8 nitrogen and oxygen atoms in total. The number of para-hydroxylation sites is 1. The van der Waals surface area contributed by atoms with E-state index >= 15 is 0 Å². The number of nitrogens with zero attached hydrogens (tertiary/aromatic N) is 2. The fraction of sp³-hybridized carbons (Fsp3) is 0.440. The van der Waals surface area contributed by atoms with Crippen LogP contribution in [0.1, 0.15) is 18.4 Å². The van der Waals surface area contributed by atoms with Crippen LogP contribution in [0.25, 0.3) is 0 Å². The summed E-state index contributed by atoms with van der Waals surface area (Å²) in [5.41, 5.74) is 1.24. The number of carbonyl (C=O) groups excluding carboxylic acids is 1. The van der Waals surface area contributed by atoms with Gasteiger partial charge in [0.05, 0.1) is 18.7 Å². The first-order valence-electron chi connectivity index (χ1n) is 11.3. The smallest absolute Gasteiger partial charge is 0.323 e. The Morgan fingerprint density at radius 1 is 1.06 bits per heavy atom. The molecular formula is C25H30N2O6. The first kappa shape index (κ1) is 23.1. The van der Waals surface area contributed by atoms with E-state index in [4.69, 9.17) is 14.6 Å². The topological polar surface area (TPSA) is 99.5 Å². The lowest BCUT2D eigenvalue weighted by molar-refractivity contribution is -0.136. The third-order valence-electron chi connectivity index (χ3n) is 6.16. The van der Waals surface area contributed by atoms with Crippen molar-refractivity contribution in [2.24, 2.45) is 5.92 Å². The Hall–Kier alpha value is -3.10. The van der Waals surface area contributed by atoms with Crippen molar-refractivity contribution in [1.82, 2.24) is 4.90 Å². The van der Waals surface area contributed by atoms with E-state index in [1.54, 1.807) is 18.2 Å². The minimum absolute atomic E-state index is 0.105. The van der Waals surface area contributed by atoms with Gasteiger partial charge >= 0.3 is 5.97 Å². The number of fused-ring (bicyclic) bond motifs is 1. The van der Waals surface area contributed by atoms with Gasteiger partial charge in [-0.15, -0.1) is 0 Å². The summed E-state index contributed by atoms with van der Waals surface area (Å²) in [6, 6.07) is 15.0. The molecule has 1 fully saturated rings. The van der Waals surface area contributed by atoms with Crippen molar-refractivity contribution in [3.05, 3.63) is 54.1 Å². The van der Waals surface area contributed by atoms with E-state index in [0.717, 1.165) is 31.7 Å². The fourth-order valence-corrected chi connectivity index (χ4v) is 4.41. The number of aliphatic hydroxyl groups excluding tert-OH is 1. The van der Waals surface area contributed by atoms with Crippen LogP contribution < -0.4 is 14.4 Å². The number of carboxylic acid groups (broad SMARTS) is 1. The van der Waals surface area contributed by atoms with Crippen molar-refractivity contribution >= 4 is 17.6 Å². The van der Waals surface area contributed by atoms with Crippen LogP contribution in [0.15, 0.2) is 48.5 Å². The Bertz CT molecular complexity index is 959. The van der Waals surface area contributed by atoms with Gasteiger partial charge in [-0.1, -0.05) is 24.3 Å². The predicted octanol–water partition coefficient (Wildman–Crippen LogP) is 2.19. The number of anilines is 1. The van der Waals surface area contributed by atoms with Crippen LogP contribution in [-0.4, -0.2) is 72.5 Å². The molecule has 0 saturated carbocycles. The molecule has 2 aliphatic heterocycles. The first-order chi connectivity index (χ1) is 16.0. The molecule has 1 amide bonds. The van der Waals surface area contributed by atoms with E-state index in [2.05, 4.69) is 4.90 Å². The van der Waals surface area contributed by atoms with Gasteiger partial charge in [0, 0.05) is 12.1 Å². The molecule has 1 atom stereocenters. The van der Waals surface area contributed by atoms with Crippen molar-refractivity contribution in [2.45, 2.75) is 25.4 Å². The Morgan fingerprint density at radius 3 is 2.55 bits per heavy atom. The SMILES string of the molecule is O=C(O)CN1C(=O)Cc2c(OCC(O)CN3CCC(COc4ccccc4)CC3)cccc21. The molecule has 1 saturated heterocycles. The van der Waals surface area contributed by atoms with Crippen LogP contribution in [0.5, 0.6) is 11.5 Å². The highest BCUT2D eigenvalue weighted by Gasteiger charge is 2.31. The fourth-order valence-electron chi connectivity index (χ4n) is 4.41. The second-order valence-electron chi connectivity index (χ2n) is 8.64. The molecule has 4 rings (SSSR count). The van der Waals surface area contributed by atoms with Crippen LogP contribution in [0.4, 0.5) is 5.69 Å². The zero-order valence-corrected chi connectivity index (χ0v) is 18.6. The summed E-state index contributed by atoms with van der Waals surface area (Å²) in [7, 11) is 0. The van der Waals surface area contributed by atoms with E-state index in [9.17, 15) is 14.7 Å². The van der Waals surface area contributed by atoms with Gasteiger partial charge in [0.2, 0.25) is 5.91 Å². The second-order valence-corrected chi connectivity index (χ2v) is 8.64. The molecule has 2 heterocycles. The number of benzene rings is 2. The number of aliphatic carboxylic acids is 1. The van der Waals surface area contributed by atoms with Crippen molar-refractivity contribution < 1.29 is 29.3 Å². The standard InChI is InChI=1S/C25H30N2O6/c28-19(14-26-11-9-18(10-12-26)16-32-20-5-2-1-3-6-20)17-33-23-8-4-7-22-21(23)13-24(29)27(22)15-25(30)31/h1-8,18-19,28H,9-17H2,(H,30,31). The van der Waals surface area contributed by atoms with Crippen LogP contribution in [-0.2, 0) is 16.0 Å². The number of likely N-dealkylation sites (tertiary alicyclic amines) is 1. The minimum Gasteiger partial charge on any atom is -0.493 e. The predicted molar refractivity (Wildman–Crippen MR) is 123 cm³/mol. The molecule has 2 N–H and O–H groups in total. The molecule has 2 aliphatic rings. The van der Waals surface area contributed by atoms with Crippen LogP contribution >= 0.6 is 0 Å².